The Morgan fingerprint density at radius 3 is 2.47 bits per heavy atom. The molecule has 0 spiro atoms. The lowest BCUT2D eigenvalue weighted by atomic mass is 10.0. The summed E-state index contributed by atoms with van der Waals surface area (Å²) in [5, 5.41) is 0. The van der Waals surface area contributed by atoms with Gasteiger partial charge in [0.05, 0.1) is 5.69 Å². The lowest BCUT2D eigenvalue weighted by Crippen LogP contribution is -2.43. The number of piperidine rings is 1. The van der Waals surface area contributed by atoms with Crippen molar-refractivity contribution in [2.45, 2.75) is 37.8 Å². The summed E-state index contributed by atoms with van der Waals surface area (Å²) >= 11 is 3.41. The SMILES string of the molecule is O=C1CC2CCC(C1)N2c1ccc(F)cc1Br. The van der Waals surface area contributed by atoms with Crippen molar-refractivity contribution in [2.24, 2.45) is 0 Å². The minimum absolute atomic E-state index is 0.235. The molecular weight excluding hydrogens is 285 g/mol. The predicted octanol–water partition coefficient (Wildman–Crippen LogP) is 3.29. The highest BCUT2D eigenvalue weighted by Crippen LogP contribution is 2.40. The van der Waals surface area contributed by atoms with E-state index < -0.39 is 0 Å². The molecule has 90 valence electrons. The van der Waals surface area contributed by atoms with Crippen molar-refractivity contribution in [1.29, 1.82) is 0 Å². The summed E-state index contributed by atoms with van der Waals surface area (Å²) in [6.45, 7) is 0. The number of anilines is 1. The zero-order chi connectivity index (χ0) is 12.0. The molecule has 2 atom stereocenters. The summed E-state index contributed by atoms with van der Waals surface area (Å²) in [6.07, 6.45) is 3.42. The van der Waals surface area contributed by atoms with Crippen LogP contribution in [-0.4, -0.2) is 17.9 Å². The Bertz CT molecular complexity index is 460. The Balaban J connectivity index is 1.97. The summed E-state index contributed by atoms with van der Waals surface area (Å²) in [4.78, 5) is 13.8. The monoisotopic (exact) mass is 297 g/mol. The fourth-order valence-corrected chi connectivity index (χ4v) is 3.61. The first-order chi connectivity index (χ1) is 8.15. The molecule has 2 saturated heterocycles. The second kappa shape index (κ2) is 4.09. The number of Topliss-reactive ketones (excluding diaryl/α,β-unsaturated/α-hetero) is 1. The van der Waals surface area contributed by atoms with E-state index in [0.29, 0.717) is 30.7 Å². The first kappa shape index (κ1) is 11.2. The first-order valence-corrected chi connectivity index (χ1v) is 6.69. The molecule has 2 heterocycles. The Kier molecular flexibility index (Phi) is 2.69. The molecule has 3 rings (SSSR count). The molecule has 0 N–H and O–H groups in total. The number of hydrogen-bond donors (Lipinski definition) is 0. The standard InChI is InChI=1S/C13H13BrFNO/c14-12-5-8(15)1-4-13(12)16-9-2-3-10(16)7-11(17)6-9/h1,4-5,9-10H,2-3,6-7H2. The van der Waals surface area contributed by atoms with E-state index >= 15 is 0 Å². The van der Waals surface area contributed by atoms with Gasteiger partial charge in [0.1, 0.15) is 11.6 Å². The van der Waals surface area contributed by atoms with Gasteiger partial charge in [-0.15, -0.1) is 0 Å². The van der Waals surface area contributed by atoms with Gasteiger partial charge in [-0.2, -0.15) is 0 Å². The number of nitrogens with zero attached hydrogens (tertiary/aromatic N) is 1. The molecule has 2 aliphatic rings. The van der Waals surface area contributed by atoms with Crippen LogP contribution < -0.4 is 4.90 Å². The smallest absolute Gasteiger partial charge is 0.137 e. The lowest BCUT2D eigenvalue weighted by molar-refractivity contribution is -0.120. The minimum atomic E-state index is -0.235. The van der Waals surface area contributed by atoms with Gasteiger partial charge < -0.3 is 4.90 Å². The van der Waals surface area contributed by atoms with Crippen molar-refractivity contribution in [3.05, 3.63) is 28.5 Å². The summed E-state index contributed by atoms with van der Waals surface area (Å²) < 4.78 is 13.9. The van der Waals surface area contributed by atoms with Gasteiger partial charge >= 0.3 is 0 Å². The van der Waals surface area contributed by atoms with Gasteiger partial charge in [-0.05, 0) is 47.0 Å². The first-order valence-electron chi connectivity index (χ1n) is 5.90. The summed E-state index contributed by atoms with van der Waals surface area (Å²) in [6, 6.07) is 5.40. The molecule has 2 aliphatic heterocycles. The maximum Gasteiger partial charge on any atom is 0.137 e. The quantitative estimate of drug-likeness (QED) is 0.793. The van der Waals surface area contributed by atoms with Gasteiger partial charge in [-0.3, -0.25) is 4.79 Å². The van der Waals surface area contributed by atoms with Gasteiger partial charge in [0.25, 0.3) is 0 Å². The van der Waals surface area contributed by atoms with Crippen molar-refractivity contribution in [3.8, 4) is 0 Å². The van der Waals surface area contributed by atoms with Gasteiger partial charge in [0, 0.05) is 29.4 Å². The molecule has 0 amide bonds. The molecule has 0 saturated carbocycles. The molecule has 2 nitrogen and oxygen atoms in total. The largest absolute Gasteiger partial charge is 0.364 e. The van der Waals surface area contributed by atoms with E-state index in [0.717, 1.165) is 23.0 Å². The number of carbonyl (C=O) groups is 1. The second-order valence-corrected chi connectivity index (χ2v) is 5.69. The fourth-order valence-electron chi connectivity index (χ4n) is 3.05. The van der Waals surface area contributed by atoms with Crippen molar-refractivity contribution >= 4 is 27.4 Å². The molecule has 17 heavy (non-hydrogen) atoms. The van der Waals surface area contributed by atoms with Crippen LogP contribution >= 0.6 is 15.9 Å². The maximum atomic E-state index is 13.1. The predicted molar refractivity (Wildman–Crippen MR) is 67.6 cm³/mol. The third kappa shape index (κ3) is 1.88. The zero-order valence-corrected chi connectivity index (χ0v) is 10.9. The molecule has 0 aromatic heterocycles. The third-order valence-corrected chi connectivity index (χ3v) is 4.37. The normalized spacial score (nSPS) is 27.6. The average molecular weight is 298 g/mol. The van der Waals surface area contributed by atoms with E-state index in [-0.39, 0.29) is 5.82 Å². The third-order valence-electron chi connectivity index (χ3n) is 3.73. The number of fused-ring (bicyclic) bond motifs is 2. The molecule has 0 aliphatic carbocycles. The highest BCUT2D eigenvalue weighted by molar-refractivity contribution is 9.10. The molecule has 0 radical (unpaired) electrons. The van der Waals surface area contributed by atoms with Crippen molar-refractivity contribution < 1.29 is 9.18 Å². The Morgan fingerprint density at radius 1 is 1.24 bits per heavy atom. The van der Waals surface area contributed by atoms with E-state index in [4.69, 9.17) is 0 Å². The van der Waals surface area contributed by atoms with Gasteiger partial charge in [0.2, 0.25) is 0 Å². The van der Waals surface area contributed by atoms with Gasteiger partial charge in [-0.1, -0.05) is 0 Å². The number of halogens is 2. The summed E-state index contributed by atoms with van der Waals surface area (Å²) in [7, 11) is 0. The second-order valence-electron chi connectivity index (χ2n) is 4.83. The molecule has 1 aromatic carbocycles. The van der Waals surface area contributed by atoms with E-state index in [9.17, 15) is 9.18 Å². The topological polar surface area (TPSA) is 20.3 Å². The van der Waals surface area contributed by atoms with E-state index in [1.54, 1.807) is 6.07 Å². The molecule has 2 unspecified atom stereocenters. The average Bonchev–Trinajstić information content (AvgIpc) is 2.53. The highest BCUT2D eigenvalue weighted by atomic mass is 79.9. The number of hydrogen-bond acceptors (Lipinski definition) is 2. The highest BCUT2D eigenvalue weighted by Gasteiger charge is 2.40. The van der Waals surface area contributed by atoms with Crippen LogP contribution in [0.25, 0.3) is 0 Å². The van der Waals surface area contributed by atoms with Crippen LogP contribution in [0.1, 0.15) is 25.7 Å². The van der Waals surface area contributed by atoms with E-state index in [1.807, 2.05) is 0 Å². The van der Waals surface area contributed by atoms with Crippen LogP contribution in [0.3, 0.4) is 0 Å². The Morgan fingerprint density at radius 2 is 1.88 bits per heavy atom. The Hall–Kier alpha value is -0.900. The number of carbonyl (C=O) groups excluding carboxylic acids is 1. The maximum absolute atomic E-state index is 13.1. The van der Waals surface area contributed by atoms with Crippen LogP contribution in [0.5, 0.6) is 0 Å². The van der Waals surface area contributed by atoms with Crippen molar-refractivity contribution in [3.63, 3.8) is 0 Å². The van der Waals surface area contributed by atoms with Crippen LogP contribution in [0.2, 0.25) is 0 Å². The molecular formula is C13H13BrFNO. The van der Waals surface area contributed by atoms with Crippen molar-refractivity contribution in [1.82, 2.24) is 0 Å². The molecule has 2 bridgehead atoms. The number of rotatable bonds is 1. The molecule has 2 fully saturated rings. The molecule has 4 heteroatoms. The lowest BCUT2D eigenvalue weighted by Gasteiger charge is -2.36. The van der Waals surface area contributed by atoms with Gasteiger partial charge in [-0.25, -0.2) is 4.39 Å². The van der Waals surface area contributed by atoms with Crippen LogP contribution in [0, 0.1) is 5.82 Å². The summed E-state index contributed by atoms with van der Waals surface area (Å²) in [5.41, 5.74) is 1.02. The molecule has 1 aromatic rings. The summed E-state index contributed by atoms with van der Waals surface area (Å²) in [5.74, 6) is 0.132. The zero-order valence-electron chi connectivity index (χ0n) is 9.33. The van der Waals surface area contributed by atoms with Crippen LogP contribution in [0.4, 0.5) is 10.1 Å². The van der Waals surface area contributed by atoms with Crippen LogP contribution in [0.15, 0.2) is 22.7 Å². The minimum Gasteiger partial charge on any atom is -0.364 e. The fraction of sp³-hybridized carbons (Fsp3) is 0.462. The van der Waals surface area contributed by atoms with Crippen LogP contribution in [-0.2, 0) is 4.79 Å². The Labute approximate surface area is 108 Å². The van der Waals surface area contributed by atoms with E-state index in [2.05, 4.69) is 20.8 Å². The van der Waals surface area contributed by atoms with Crippen molar-refractivity contribution in [2.75, 3.05) is 4.90 Å². The number of ketones is 1. The van der Waals surface area contributed by atoms with Gasteiger partial charge in [0.15, 0.2) is 0 Å². The van der Waals surface area contributed by atoms with E-state index in [1.165, 1.54) is 12.1 Å². The number of benzene rings is 1.